The quantitative estimate of drug-likeness (QED) is 0.167. The normalized spacial score (nSPS) is 14.0. The summed E-state index contributed by atoms with van der Waals surface area (Å²) < 4.78 is 15.5. The Morgan fingerprint density at radius 1 is 0.413 bits per heavy atom. The maximum absolute atomic E-state index is 6.62. The van der Waals surface area contributed by atoms with Gasteiger partial charge in [0.25, 0.3) is 0 Å². The highest BCUT2D eigenvalue weighted by Crippen LogP contribution is 2.45. The molecule has 1 atom stereocenters. The lowest BCUT2D eigenvalue weighted by Gasteiger charge is -2.14. The van der Waals surface area contributed by atoms with Crippen molar-refractivity contribution in [3.63, 3.8) is 0 Å². The summed E-state index contributed by atoms with van der Waals surface area (Å²) in [7, 11) is 0. The van der Waals surface area contributed by atoms with Gasteiger partial charge >= 0.3 is 0 Å². The number of rotatable bonds is 6. The lowest BCUT2D eigenvalue weighted by Crippen LogP contribution is -2.01. The van der Waals surface area contributed by atoms with Crippen LogP contribution in [0.1, 0.15) is 17.9 Å². The molecule has 0 N–H and O–H groups in total. The van der Waals surface area contributed by atoms with Gasteiger partial charge in [0, 0.05) is 64.3 Å². The molecule has 296 valence electrons. The standard InChI is InChI=1S/C57H35N3O2S/c1-2-12-34(13-3-1)35-24-28-37(29-25-35)55-58-56(60-57(59-55)44-18-10-21-48-52(44)41-14-4-7-19-46(41)61-48)38-30-26-36(27-31-38)45-32-39(33-49-53(45)42-15-5-8-20-47(42)62-49)40-17-11-23-51-54(40)43-16-6-9-22-50(43)63-51/h1-12,14-34H,13H2. The Balaban J connectivity index is 0.969. The van der Waals surface area contributed by atoms with Gasteiger partial charge in [0.15, 0.2) is 17.5 Å². The van der Waals surface area contributed by atoms with E-state index >= 15 is 0 Å². The smallest absolute Gasteiger partial charge is 0.164 e. The number of aromatic nitrogens is 3. The molecule has 12 aromatic rings. The Labute approximate surface area is 365 Å². The van der Waals surface area contributed by atoms with Crippen LogP contribution in [0, 0.1) is 0 Å². The highest BCUT2D eigenvalue weighted by atomic mass is 32.1. The minimum Gasteiger partial charge on any atom is -0.456 e. The third kappa shape index (κ3) is 5.94. The molecule has 0 saturated heterocycles. The Morgan fingerprint density at radius 3 is 1.75 bits per heavy atom. The van der Waals surface area contributed by atoms with Crippen molar-refractivity contribution in [3.8, 4) is 56.4 Å². The van der Waals surface area contributed by atoms with Crippen LogP contribution in [0.25, 0.3) is 120 Å². The van der Waals surface area contributed by atoms with Crippen LogP contribution in [0.4, 0.5) is 0 Å². The SMILES string of the molecule is C1=CCC(c2ccc(-c3nc(-c4ccc(-c5cc(-c6cccc7sc8ccccc8c67)cc6oc7ccccc7c56)cc4)nc(-c4cccc5oc6ccccc6c45)n3)cc2)C=C1. The second kappa shape index (κ2) is 14.3. The summed E-state index contributed by atoms with van der Waals surface area (Å²) in [6.07, 6.45) is 9.71. The van der Waals surface area contributed by atoms with Gasteiger partial charge in [-0.2, -0.15) is 0 Å². The first kappa shape index (κ1) is 35.8. The molecular formula is C57H35N3O2S. The molecule has 1 aliphatic rings. The molecule has 1 unspecified atom stereocenters. The van der Waals surface area contributed by atoms with E-state index in [2.05, 4.69) is 158 Å². The van der Waals surface area contributed by atoms with Crippen LogP contribution < -0.4 is 0 Å². The molecule has 4 heterocycles. The molecule has 0 fully saturated rings. The number of nitrogens with zero attached hydrogens (tertiary/aromatic N) is 3. The largest absolute Gasteiger partial charge is 0.456 e. The molecule has 13 rings (SSSR count). The molecule has 1 aliphatic carbocycles. The summed E-state index contributed by atoms with van der Waals surface area (Å²) in [6, 6.07) is 59.7. The molecule has 8 aromatic carbocycles. The lowest BCUT2D eigenvalue weighted by molar-refractivity contribution is 0.668. The number of furan rings is 2. The zero-order valence-electron chi connectivity index (χ0n) is 33.8. The van der Waals surface area contributed by atoms with E-state index in [4.69, 9.17) is 23.8 Å². The van der Waals surface area contributed by atoms with Gasteiger partial charge in [0.05, 0.1) is 0 Å². The number of thiophene rings is 1. The van der Waals surface area contributed by atoms with E-state index in [1.54, 1.807) is 0 Å². The first-order valence-corrected chi connectivity index (χ1v) is 22.1. The minimum absolute atomic E-state index is 0.352. The van der Waals surface area contributed by atoms with Gasteiger partial charge in [0.2, 0.25) is 0 Å². The Hall–Kier alpha value is -7.93. The summed E-state index contributed by atoms with van der Waals surface area (Å²) >= 11 is 1.84. The highest BCUT2D eigenvalue weighted by Gasteiger charge is 2.21. The van der Waals surface area contributed by atoms with Gasteiger partial charge < -0.3 is 8.83 Å². The van der Waals surface area contributed by atoms with Crippen molar-refractivity contribution in [1.82, 2.24) is 15.0 Å². The fourth-order valence-corrected chi connectivity index (χ4v) is 10.6. The Morgan fingerprint density at radius 2 is 1.00 bits per heavy atom. The van der Waals surface area contributed by atoms with E-state index in [0.717, 1.165) is 83.7 Å². The zero-order valence-corrected chi connectivity index (χ0v) is 34.6. The van der Waals surface area contributed by atoms with Crippen molar-refractivity contribution in [2.75, 3.05) is 0 Å². The summed E-state index contributed by atoms with van der Waals surface area (Å²) in [6.45, 7) is 0. The molecular weight excluding hydrogens is 791 g/mol. The maximum atomic E-state index is 6.62. The number of allylic oxidation sites excluding steroid dienone is 4. The maximum Gasteiger partial charge on any atom is 0.164 e. The fourth-order valence-electron chi connectivity index (χ4n) is 9.47. The van der Waals surface area contributed by atoms with Crippen LogP contribution in [0.5, 0.6) is 0 Å². The average Bonchev–Trinajstić information content (AvgIpc) is 4.05. The van der Waals surface area contributed by atoms with Gasteiger partial charge in [-0.25, -0.2) is 15.0 Å². The first-order valence-electron chi connectivity index (χ1n) is 21.3. The summed E-state index contributed by atoms with van der Waals surface area (Å²) in [5.41, 5.74) is 11.8. The van der Waals surface area contributed by atoms with E-state index in [1.165, 1.54) is 31.3 Å². The molecule has 0 bridgehead atoms. The van der Waals surface area contributed by atoms with Crippen LogP contribution >= 0.6 is 11.3 Å². The molecule has 63 heavy (non-hydrogen) atoms. The van der Waals surface area contributed by atoms with E-state index in [0.29, 0.717) is 23.4 Å². The van der Waals surface area contributed by atoms with Crippen molar-refractivity contribution in [2.24, 2.45) is 0 Å². The van der Waals surface area contributed by atoms with Crippen molar-refractivity contribution in [2.45, 2.75) is 12.3 Å². The predicted molar refractivity (Wildman–Crippen MR) is 260 cm³/mol. The highest BCUT2D eigenvalue weighted by molar-refractivity contribution is 7.25. The van der Waals surface area contributed by atoms with Crippen molar-refractivity contribution in [1.29, 1.82) is 0 Å². The number of fused-ring (bicyclic) bond motifs is 9. The fraction of sp³-hybridized carbons (Fsp3) is 0.0351. The number of para-hydroxylation sites is 2. The van der Waals surface area contributed by atoms with E-state index in [-0.39, 0.29) is 0 Å². The van der Waals surface area contributed by atoms with E-state index in [1.807, 2.05) is 47.7 Å². The monoisotopic (exact) mass is 825 g/mol. The molecule has 5 nitrogen and oxygen atoms in total. The molecule has 6 heteroatoms. The van der Waals surface area contributed by atoms with Crippen LogP contribution in [-0.2, 0) is 0 Å². The Bertz CT molecular complexity index is 3830. The van der Waals surface area contributed by atoms with E-state index < -0.39 is 0 Å². The van der Waals surface area contributed by atoms with Gasteiger partial charge in [-0.1, -0.05) is 152 Å². The van der Waals surface area contributed by atoms with Gasteiger partial charge in [-0.05, 0) is 76.7 Å². The van der Waals surface area contributed by atoms with Crippen LogP contribution in [0.15, 0.2) is 203 Å². The summed E-state index contributed by atoms with van der Waals surface area (Å²) in [4.78, 5) is 15.6. The second-order valence-electron chi connectivity index (χ2n) is 16.2. The van der Waals surface area contributed by atoms with Gasteiger partial charge in [-0.15, -0.1) is 11.3 Å². The van der Waals surface area contributed by atoms with Gasteiger partial charge in [0.1, 0.15) is 22.3 Å². The topological polar surface area (TPSA) is 65.0 Å². The molecule has 0 saturated carbocycles. The van der Waals surface area contributed by atoms with Crippen LogP contribution in [0.2, 0.25) is 0 Å². The van der Waals surface area contributed by atoms with Crippen molar-refractivity contribution >= 4 is 75.4 Å². The number of hydrogen-bond donors (Lipinski definition) is 0. The van der Waals surface area contributed by atoms with Crippen LogP contribution in [-0.4, -0.2) is 15.0 Å². The zero-order chi connectivity index (χ0) is 41.4. The third-order valence-electron chi connectivity index (χ3n) is 12.5. The molecule has 4 aromatic heterocycles. The second-order valence-corrected chi connectivity index (χ2v) is 17.3. The Kier molecular flexibility index (Phi) is 8.14. The number of benzene rings is 8. The average molecular weight is 826 g/mol. The predicted octanol–water partition coefficient (Wildman–Crippen LogP) is 16.0. The number of hydrogen-bond acceptors (Lipinski definition) is 6. The van der Waals surface area contributed by atoms with Crippen molar-refractivity contribution < 1.29 is 8.83 Å². The molecule has 0 aliphatic heterocycles. The lowest BCUT2D eigenvalue weighted by atomic mass is 9.92. The molecule has 0 amide bonds. The third-order valence-corrected chi connectivity index (χ3v) is 13.6. The molecule has 0 spiro atoms. The van der Waals surface area contributed by atoms with Crippen LogP contribution in [0.3, 0.4) is 0 Å². The minimum atomic E-state index is 0.352. The van der Waals surface area contributed by atoms with Crippen molar-refractivity contribution in [3.05, 3.63) is 200 Å². The van der Waals surface area contributed by atoms with E-state index in [9.17, 15) is 0 Å². The molecule has 0 radical (unpaired) electrons. The summed E-state index contributed by atoms with van der Waals surface area (Å²) in [5, 5.41) is 6.74. The van der Waals surface area contributed by atoms with Gasteiger partial charge in [-0.3, -0.25) is 0 Å². The summed E-state index contributed by atoms with van der Waals surface area (Å²) in [5.74, 6) is 2.16. The first-order chi connectivity index (χ1) is 31.2.